The van der Waals surface area contributed by atoms with Crippen LogP contribution in [0.2, 0.25) is 0 Å². The smallest absolute Gasteiger partial charge is 0.242 e. The molecule has 28 heavy (non-hydrogen) atoms. The molecule has 1 amide bonds. The number of hydrogen-bond donors (Lipinski definition) is 1. The van der Waals surface area contributed by atoms with Gasteiger partial charge in [-0.05, 0) is 30.7 Å². The zero-order valence-corrected chi connectivity index (χ0v) is 15.8. The van der Waals surface area contributed by atoms with Crippen molar-refractivity contribution < 1.29 is 14.3 Å². The number of carbonyl (C=O) groups excluding carboxylic acids is 1. The van der Waals surface area contributed by atoms with Crippen molar-refractivity contribution >= 4 is 11.6 Å². The second kappa shape index (κ2) is 8.28. The molecular weight excluding hydrogens is 361 g/mol. The van der Waals surface area contributed by atoms with Crippen LogP contribution in [0, 0.1) is 5.82 Å². The van der Waals surface area contributed by atoms with Gasteiger partial charge in [-0.1, -0.05) is 0 Å². The van der Waals surface area contributed by atoms with Crippen LogP contribution in [0.1, 0.15) is 6.42 Å². The van der Waals surface area contributed by atoms with Crippen molar-refractivity contribution in [2.45, 2.75) is 25.1 Å². The predicted molar refractivity (Wildman–Crippen MR) is 103 cm³/mol. The Balaban J connectivity index is 1.35. The predicted octanol–water partition coefficient (Wildman–Crippen LogP) is 0.806. The van der Waals surface area contributed by atoms with Gasteiger partial charge in [0.15, 0.2) is 0 Å². The third-order valence-corrected chi connectivity index (χ3v) is 5.68. The normalized spacial score (nSPS) is 23.8. The first kappa shape index (κ1) is 18.9. The fourth-order valence-electron chi connectivity index (χ4n) is 4.15. The topological polar surface area (TPSA) is 64.8 Å². The minimum atomic E-state index is -0.538. The van der Waals surface area contributed by atoms with Crippen LogP contribution in [-0.2, 0) is 11.3 Å². The molecule has 0 saturated carbocycles. The summed E-state index contributed by atoms with van der Waals surface area (Å²) in [6.45, 7) is 4.57. The fourth-order valence-corrected chi connectivity index (χ4v) is 4.15. The molecule has 2 aliphatic rings. The summed E-state index contributed by atoms with van der Waals surface area (Å²) in [7, 11) is 0. The van der Waals surface area contributed by atoms with Crippen molar-refractivity contribution in [3.05, 3.63) is 48.8 Å². The lowest BCUT2D eigenvalue weighted by Gasteiger charge is -2.29. The molecule has 8 heteroatoms. The number of likely N-dealkylation sites (tertiary alicyclic amines) is 1. The van der Waals surface area contributed by atoms with Crippen LogP contribution in [0.15, 0.2) is 43.0 Å². The highest BCUT2D eigenvalue weighted by Gasteiger charge is 2.38. The van der Waals surface area contributed by atoms with Gasteiger partial charge in [0.2, 0.25) is 5.91 Å². The summed E-state index contributed by atoms with van der Waals surface area (Å²) in [6, 6.07) is 6.56. The Bertz CT molecular complexity index is 782. The summed E-state index contributed by atoms with van der Waals surface area (Å²) in [5, 5.41) is 10.6. The maximum Gasteiger partial charge on any atom is 0.242 e. The van der Waals surface area contributed by atoms with Gasteiger partial charge < -0.3 is 19.5 Å². The van der Waals surface area contributed by atoms with Crippen molar-refractivity contribution in [2.75, 3.05) is 44.2 Å². The van der Waals surface area contributed by atoms with Gasteiger partial charge in [-0.3, -0.25) is 9.69 Å². The number of carbonyl (C=O) groups is 1. The fraction of sp³-hybridized carbons (Fsp3) is 0.500. The van der Waals surface area contributed by atoms with Crippen LogP contribution < -0.4 is 4.90 Å². The molecule has 0 aliphatic carbocycles. The van der Waals surface area contributed by atoms with Crippen molar-refractivity contribution in [1.29, 1.82) is 0 Å². The van der Waals surface area contributed by atoms with Gasteiger partial charge in [-0.15, -0.1) is 0 Å². The van der Waals surface area contributed by atoms with E-state index in [9.17, 15) is 14.3 Å². The Labute approximate surface area is 164 Å². The van der Waals surface area contributed by atoms with Crippen LogP contribution in [0.3, 0.4) is 0 Å². The molecule has 0 unspecified atom stereocenters. The third-order valence-electron chi connectivity index (χ3n) is 5.68. The van der Waals surface area contributed by atoms with E-state index < -0.39 is 6.10 Å². The number of imidazole rings is 1. The number of halogens is 1. The van der Waals surface area contributed by atoms with Gasteiger partial charge in [0, 0.05) is 57.3 Å². The SMILES string of the molecule is O=C(Cn1ccnc1)N1C[C@@H](O)[C@H](N2CCCN(c3ccc(F)cc3)CC2)C1. The van der Waals surface area contributed by atoms with Crippen molar-refractivity contribution in [3.8, 4) is 0 Å². The molecule has 4 rings (SSSR count). The minimum Gasteiger partial charge on any atom is -0.390 e. The quantitative estimate of drug-likeness (QED) is 0.841. The monoisotopic (exact) mass is 387 g/mol. The van der Waals surface area contributed by atoms with E-state index in [0.717, 1.165) is 38.3 Å². The van der Waals surface area contributed by atoms with E-state index in [1.54, 1.807) is 28.2 Å². The van der Waals surface area contributed by atoms with E-state index in [0.29, 0.717) is 13.1 Å². The lowest BCUT2D eigenvalue weighted by molar-refractivity contribution is -0.131. The largest absolute Gasteiger partial charge is 0.390 e. The number of rotatable bonds is 4. The van der Waals surface area contributed by atoms with E-state index in [2.05, 4.69) is 14.8 Å². The van der Waals surface area contributed by atoms with Crippen LogP contribution in [0.5, 0.6) is 0 Å². The molecule has 1 aromatic heterocycles. The molecule has 1 N–H and O–H groups in total. The molecule has 1 aromatic carbocycles. The van der Waals surface area contributed by atoms with Gasteiger partial charge in [-0.25, -0.2) is 9.37 Å². The molecule has 7 nitrogen and oxygen atoms in total. The number of amides is 1. The Morgan fingerprint density at radius 1 is 1.14 bits per heavy atom. The molecule has 2 fully saturated rings. The molecule has 0 spiro atoms. The Morgan fingerprint density at radius 2 is 1.96 bits per heavy atom. The molecule has 0 bridgehead atoms. The van der Waals surface area contributed by atoms with Gasteiger partial charge in [0.1, 0.15) is 12.4 Å². The van der Waals surface area contributed by atoms with Crippen LogP contribution in [0.25, 0.3) is 0 Å². The third kappa shape index (κ3) is 4.18. The average molecular weight is 387 g/mol. The van der Waals surface area contributed by atoms with Crippen molar-refractivity contribution in [1.82, 2.24) is 19.4 Å². The lowest BCUT2D eigenvalue weighted by atomic mass is 10.2. The zero-order valence-electron chi connectivity index (χ0n) is 15.8. The van der Waals surface area contributed by atoms with E-state index >= 15 is 0 Å². The molecule has 3 heterocycles. The average Bonchev–Trinajstić information content (AvgIpc) is 3.26. The van der Waals surface area contributed by atoms with E-state index in [-0.39, 0.29) is 24.3 Å². The van der Waals surface area contributed by atoms with Crippen LogP contribution in [0.4, 0.5) is 10.1 Å². The number of aliphatic hydroxyl groups is 1. The number of nitrogens with zero attached hydrogens (tertiary/aromatic N) is 5. The Hall–Kier alpha value is -2.45. The highest BCUT2D eigenvalue weighted by atomic mass is 19.1. The van der Waals surface area contributed by atoms with Crippen LogP contribution in [-0.4, -0.2) is 81.8 Å². The number of aliphatic hydroxyl groups excluding tert-OH is 1. The maximum atomic E-state index is 13.2. The summed E-state index contributed by atoms with van der Waals surface area (Å²) in [5.74, 6) is -0.225. The molecule has 150 valence electrons. The maximum absolute atomic E-state index is 13.2. The number of benzene rings is 1. The second-order valence-electron chi connectivity index (χ2n) is 7.52. The number of aromatic nitrogens is 2. The molecule has 2 aromatic rings. The first-order chi connectivity index (χ1) is 13.6. The first-order valence-corrected chi connectivity index (χ1v) is 9.76. The molecule has 2 atom stereocenters. The van der Waals surface area contributed by atoms with E-state index in [4.69, 9.17) is 0 Å². The summed E-state index contributed by atoms with van der Waals surface area (Å²) in [6.07, 6.45) is 5.47. The highest BCUT2D eigenvalue weighted by molar-refractivity contribution is 5.76. The van der Waals surface area contributed by atoms with Gasteiger partial charge in [-0.2, -0.15) is 0 Å². The molecule has 2 saturated heterocycles. The standard InChI is InChI=1S/C20H26FN5O2/c21-16-2-4-17(5-3-16)24-7-1-8-25(11-10-24)18-12-26(13-19(18)27)20(28)14-23-9-6-22-15-23/h2-6,9,15,18-19,27H,1,7-8,10-14H2/t18-,19-/m1/s1. The molecular formula is C20H26FN5O2. The molecule has 0 radical (unpaired) electrons. The summed E-state index contributed by atoms with van der Waals surface area (Å²) < 4.78 is 14.9. The van der Waals surface area contributed by atoms with E-state index in [1.807, 2.05) is 12.1 Å². The summed E-state index contributed by atoms with van der Waals surface area (Å²) in [4.78, 5) is 22.8. The Morgan fingerprint density at radius 3 is 2.71 bits per heavy atom. The minimum absolute atomic E-state index is 0.00214. The summed E-state index contributed by atoms with van der Waals surface area (Å²) in [5.41, 5.74) is 1.02. The number of anilines is 1. The van der Waals surface area contributed by atoms with Gasteiger partial charge in [0.05, 0.1) is 18.5 Å². The molecule has 2 aliphatic heterocycles. The summed E-state index contributed by atoms with van der Waals surface area (Å²) >= 11 is 0. The van der Waals surface area contributed by atoms with Gasteiger partial charge in [0.25, 0.3) is 0 Å². The van der Waals surface area contributed by atoms with E-state index in [1.165, 1.54) is 12.1 Å². The highest BCUT2D eigenvalue weighted by Crippen LogP contribution is 2.21. The zero-order chi connectivity index (χ0) is 19.5. The second-order valence-corrected chi connectivity index (χ2v) is 7.52. The first-order valence-electron chi connectivity index (χ1n) is 9.76. The number of hydrogen-bond acceptors (Lipinski definition) is 5. The lowest BCUT2D eigenvalue weighted by Crippen LogP contribution is -2.45. The number of β-amino-alcohol motifs (C(OH)–C–C–N with tert-alkyl or cyclic N) is 1. The van der Waals surface area contributed by atoms with Gasteiger partial charge >= 0.3 is 0 Å². The Kier molecular flexibility index (Phi) is 5.59. The van der Waals surface area contributed by atoms with Crippen LogP contribution >= 0.6 is 0 Å². The van der Waals surface area contributed by atoms with Crippen molar-refractivity contribution in [2.24, 2.45) is 0 Å². The van der Waals surface area contributed by atoms with Crippen molar-refractivity contribution in [3.63, 3.8) is 0 Å².